The van der Waals surface area contributed by atoms with Gasteiger partial charge in [-0.05, 0) is 79.2 Å². The molecule has 8 nitrogen and oxygen atoms in total. The Labute approximate surface area is 203 Å². The van der Waals surface area contributed by atoms with Crippen LogP contribution in [0.15, 0.2) is 72.8 Å². The first-order valence-corrected chi connectivity index (χ1v) is 11.3. The summed E-state index contributed by atoms with van der Waals surface area (Å²) in [5, 5.41) is 17.2. The van der Waals surface area contributed by atoms with Crippen molar-refractivity contribution in [3.05, 3.63) is 89.5 Å². The van der Waals surface area contributed by atoms with Crippen LogP contribution >= 0.6 is 0 Å². The van der Waals surface area contributed by atoms with E-state index in [2.05, 4.69) is 22.9 Å². The van der Waals surface area contributed by atoms with Crippen molar-refractivity contribution >= 4 is 40.8 Å². The molecule has 0 atom stereocenters. The number of carboxylic acids is 1. The summed E-state index contributed by atoms with van der Waals surface area (Å²) >= 11 is 0. The molecule has 3 aromatic carbocycles. The maximum absolute atomic E-state index is 12.5. The number of amides is 3. The van der Waals surface area contributed by atoms with Crippen LogP contribution in [0.3, 0.4) is 0 Å². The summed E-state index contributed by atoms with van der Waals surface area (Å²) in [6, 6.07) is 18.9. The van der Waals surface area contributed by atoms with Crippen LogP contribution in [0.1, 0.15) is 63.7 Å². The maximum atomic E-state index is 12.5. The van der Waals surface area contributed by atoms with Crippen LogP contribution < -0.4 is 16.0 Å². The second-order valence-electron chi connectivity index (χ2n) is 7.95. The molecule has 180 valence electrons. The minimum absolute atomic E-state index is 0.0444. The SMILES string of the molecule is CCCCCC(=O)Nc1ccc(C(=O)Nc2ccc(C(=O)Nc3ccc(C(=O)O)cc3)cc2)cc1. The molecule has 8 heteroatoms. The zero-order chi connectivity index (χ0) is 25.2. The van der Waals surface area contributed by atoms with Gasteiger partial charge in [-0.15, -0.1) is 0 Å². The van der Waals surface area contributed by atoms with Crippen molar-refractivity contribution in [2.75, 3.05) is 16.0 Å². The zero-order valence-corrected chi connectivity index (χ0v) is 19.3. The highest BCUT2D eigenvalue weighted by molar-refractivity contribution is 6.06. The highest BCUT2D eigenvalue weighted by Gasteiger charge is 2.10. The van der Waals surface area contributed by atoms with E-state index in [1.54, 1.807) is 48.5 Å². The van der Waals surface area contributed by atoms with Gasteiger partial charge in [0.2, 0.25) is 5.91 Å². The van der Waals surface area contributed by atoms with Gasteiger partial charge in [0.1, 0.15) is 0 Å². The number of carbonyl (C=O) groups is 4. The lowest BCUT2D eigenvalue weighted by molar-refractivity contribution is -0.116. The molecule has 3 rings (SSSR count). The lowest BCUT2D eigenvalue weighted by atomic mass is 10.1. The third kappa shape index (κ3) is 7.53. The summed E-state index contributed by atoms with van der Waals surface area (Å²) in [6.07, 6.45) is 3.39. The molecule has 0 aliphatic heterocycles. The van der Waals surface area contributed by atoms with Gasteiger partial charge in [0, 0.05) is 34.6 Å². The number of rotatable bonds is 10. The number of benzene rings is 3. The first-order chi connectivity index (χ1) is 16.9. The first-order valence-electron chi connectivity index (χ1n) is 11.3. The van der Waals surface area contributed by atoms with Gasteiger partial charge in [0.15, 0.2) is 0 Å². The van der Waals surface area contributed by atoms with Crippen LogP contribution in [0.4, 0.5) is 17.1 Å². The molecule has 3 aromatic rings. The van der Waals surface area contributed by atoms with Crippen molar-refractivity contribution < 1.29 is 24.3 Å². The van der Waals surface area contributed by atoms with E-state index < -0.39 is 5.97 Å². The van der Waals surface area contributed by atoms with E-state index >= 15 is 0 Å². The van der Waals surface area contributed by atoms with Gasteiger partial charge < -0.3 is 21.1 Å². The summed E-state index contributed by atoms with van der Waals surface area (Å²) in [7, 11) is 0. The number of nitrogens with one attached hydrogen (secondary N) is 3. The lowest BCUT2D eigenvalue weighted by Crippen LogP contribution is -2.14. The number of aromatic carboxylic acids is 1. The summed E-state index contributed by atoms with van der Waals surface area (Å²) in [5.41, 5.74) is 2.56. The third-order valence-corrected chi connectivity index (χ3v) is 5.23. The Morgan fingerprint density at radius 2 is 1.00 bits per heavy atom. The van der Waals surface area contributed by atoms with Crippen LogP contribution in [0.5, 0.6) is 0 Å². The van der Waals surface area contributed by atoms with E-state index in [1.165, 1.54) is 24.3 Å². The summed E-state index contributed by atoms with van der Waals surface area (Å²) in [6.45, 7) is 2.08. The molecule has 35 heavy (non-hydrogen) atoms. The van der Waals surface area contributed by atoms with Crippen LogP contribution in [0.2, 0.25) is 0 Å². The Morgan fingerprint density at radius 1 is 0.600 bits per heavy atom. The molecule has 0 spiro atoms. The molecule has 3 amide bonds. The maximum Gasteiger partial charge on any atom is 0.335 e. The Kier molecular flexibility index (Phi) is 8.72. The predicted molar refractivity (Wildman–Crippen MR) is 135 cm³/mol. The van der Waals surface area contributed by atoms with Crippen LogP contribution in [-0.2, 0) is 4.79 Å². The number of hydrogen-bond donors (Lipinski definition) is 4. The monoisotopic (exact) mass is 473 g/mol. The van der Waals surface area contributed by atoms with E-state index in [0.717, 1.165) is 19.3 Å². The zero-order valence-electron chi connectivity index (χ0n) is 19.3. The van der Waals surface area contributed by atoms with Gasteiger partial charge in [-0.1, -0.05) is 19.8 Å². The predicted octanol–water partition coefficient (Wildman–Crippen LogP) is 5.41. The summed E-state index contributed by atoms with van der Waals surface area (Å²) < 4.78 is 0. The molecule has 0 radical (unpaired) electrons. The second-order valence-corrected chi connectivity index (χ2v) is 7.95. The molecule has 0 unspecified atom stereocenters. The van der Waals surface area contributed by atoms with E-state index in [9.17, 15) is 19.2 Å². The third-order valence-electron chi connectivity index (χ3n) is 5.23. The number of anilines is 3. The average molecular weight is 474 g/mol. The molecule has 4 N–H and O–H groups in total. The molecule has 0 aliphatic carbocycles. The minimum Gasteiger partial charge on any atom is -0.478 e. The van der Waals surface area contributed by atoms with Gasteiger partial charge in [-0.2, -0.15) is 0 Å². The van der Waals surface area contributed by atoms with Gasteiger partial charge in [-0.3, -0.25) is 14.4 Å². The van der Waals surface area contributed by atoms with Crippen molar-refractivity contribution in [3.63, 3.8) is 0 Å². The fourth-order valence-corrected chi connectivity index (χ4v) is 3.27. The standard InChI is InChI=1S/C27H27N3O5/c1-2-3-4-5-24(31)28-21-12-6-18(7-13-21)25(32)29-22-14-8-19(9-15-22)26(33)30-23-16-10-20(11-17-23)27(34)35/h6-17H,2-5H2,1H3,(H,28,31)(H,29,32)(H,30,33)(H,34,35). The van der Waals surface area contributed by atoms with Crippen molar-refractivity contribution in [2.24, 2.45) is 0 Å². The van der Waals surface area contributed by atoms with Crippen molar-refractivity contribution in [2.45, 2.75) is 32.6 Å². The van der Waals surface area contributed by atoms with Gasteiger partial charge in [0.05, 0.1) is 5.56 Å². The van der Waals surface area contributed by atoms with Crippen molar-refractivity contribution in [3.8, 4) is 0 Å². The molecule has 0 heterocycles. The van der Waals surface area contributed by atoms with Crippen molar-refractivity contribution in [1.82, 2.24) is 0 Å². The summed E-state index contributed by atoms with van der Waals surface area (Å²) in [4.78, 5) is 47.8. The van der Waals surface area contributed by atoms with Crippen LogP contribution in [0, 0.1) is 0 Å². The Balaban J connectivity index is 1.53. The highest BCUT2D eigenvalue weighted by Crippen LogP contribution is 2.16. The number of carboxylic acid groups (broad SMARTS) is 1. The second kappa shape index (κ2) is 12.1. The molecule has 0 aromatic heterocycles. The molecule has 0 fully saturated rings. The average Bonchev–Trinajstić information content (AvgIpc) is 2.85. The molecule has 0 bridgehead atoms. The van der Waals surface area contributed by atoms with E-state index in [1.807, 2.05) is 0 Å². The van der Waals surface area contributed by atoms with Crippen molar-refractivity contribution in [1.29, 1.82) is 0 Å². The minimum atomic E-state index is -1.04. The van der Waals surface area contributed by atoms with Gasteiger partial charge >= 0.3 is 5.97 Å². The Bertz CT molecular complexity index is 1190. The van der Waals surface area contributed by atoms with Gasteiger partial charge in [0.25, 0.3) is 11.8 Å². The molecular formula is C27H27N3O5. The van der Waals surface area contributed by atoms with E-state index in [-0.39, 0.29) is 23.3 Å². The Morgan fingerprint density at radius 3 is 1.40 bits per heavy atom. The quantitative estimate of drug-likeness (QED) is 0.293. The number of carbonyl (C=O) groups excluding carboxylic acids is 3. The number of unbranched alkanes of at least 4 members (excludes halogenated alkanes) is 2. The topological polar surface area (TPSA) is 125 Å². The van der Waals surface area contributed by atoms with Crippen LogP contribution in [-0.4, -0.2) is 28.8 Å². The fraction of sp³-hybridized carbons (Fsp3) is 0.185. The van der Waals surface area contributed by atoms with Gasteiger partial charge in [-0.25, -0.2) is 4.79 Å². The normalized spacial score (nSPS) is 10.3. The lowest BCUT2D eigenvalue weighted by Gasteiger charge is -2.09. The molecule has 0 saturated carbocycles. The molecule has 0 saturated heterocycles. The largest absolute Gasteiger partial charge is 0.478 e. The smallest absolute Gasteiger partial charge is 0.335 e. The first kappa shape index (κ1) is 25.2. The molecule has 0 aliphatic rings. The Hall–Kier alpha value is -4.46. The fourth-order valence-electron chi connectivity index (χ4n) is 3.27. The van der Waals surface area contributed by atoms with E-state index in [4.69, 9.17) is 5.11 Å². The van der Waals surface area contributed by atoms with Crippen LogP contribution in [0.25, 0.3) is 0 Å². The highest BCUT2D eigenvalue weighted by atomic mass is 16.4. The van der Waals surface area contributed by atoms with E-state index in [0.29, 0.717) is 34.6 Å². The molecular weight excluding hydrogens is 446 g/mol. The number of hydrogen-bond acceptors (Lipinski definition) is 4. The summed E-state index contributed by atoms with van der Waals surface area (Å²) in [5.74, 6) is -1.77.